The lowest BCUT2D eigenvalue weighted by atomic mass is 10.2. The van der Waals surface area contributed by atoms with Crippen molar-refractivity contribution in [3.8, 4) is 0 Å². The maximum absolute atomic E-state index is 13.4. The predicted octanol–water partition coefficient (Wildman–Crippen LogP) is 2.60. The maximum atomic E-state index is 13.4. The van der Waals surface area contributed by atoms with E-state index in [4.69, 9.17) is 0 Å². The van der Waals surface area contributed by atoms with E-state index in [1.807, 2.05) is 19.2 Å². The number of hydrogen-bond donors (Lipinski definition) is 1. The predicted molar refractivity (Wildman–Crippen MR) is 75.6 cm³/mol. The fourth-order valence-electron chi connectivity index (χ4n) is 2.49. The zero-order valence-corrected chi connectivity index (χ0v) is 11.7. The molecule has 1 saturated heterocycles. The Morgan fingerprint density at radius 2 is 2.28 bits per heavy atom. The van der Waals surface area contributed by atoms with Gasteiger partial charge in [0.15, 0.2) is 0 Å². The van der Waals surface area contributed by atoms with Crippen molar-refractivity contribution in [2.24, 2.45) is 0 Å². The monoisotopic (exact) mass is 268 g/mol. The molecular formula is C14H21FN2S. The fraction of sp³-hybridized carbons (Fsp3) is 0.571. The molecule has 0 spiro atoms. The van der Waals surface area contributed by atoms with Crippen LogP contribution in [-0.4, -0.2) is 43.4 Å². The van der Waals surface area contributed by atoms with Gasteiger partial charge in [-0.2, -0.15) is 0 Å². The van der Waals surface area contributed by atoms with Crippen LogP contribution in [0.1, 0.15) is 12.8 Å². The molecule has 100 valence electrons. The lowest BCUT2D eigenvalue weighted by molar-refractivity contribution is 0.266. The van der Waals surface area contributed by atoms with Crippen molar-refractivity contribution in [3.63, 3.8) is 0 Å². The Morgan fingerprint density at radius 1 is 1.44 bits per heavy atom. The van der Waals surface area contributed by atoms with Gasteiger partial charge >= 0.3 is 0 Å². The van der Waals surface area contributed by atoms with Crippen molar-refractivity contribution in [3.05, 3.63) is 30.1 Å². The van der Waals surface area contributed by atoms with E-state index in [1.165, 1.54) is 25.5 Å². The highest BCUT2D eigenvalue weighted by molar-refractivity contribution is 7.99. The first-order chi connectivity index (χ1) is 8.81. The lowest BCUT2D eigenvalue weighted by Gasteiger charge is -2.23. The fourth-order valence-corrected chi connectivity index (χ4v) is 3.42. The quantitative estimate of drug-likeness (QED) is 0.798. The molecule has 1 aromatic carbocycles. The van der Waals surface area contributed by atoms with Gasteiger partial charge in [0.05, 0.1) is 0 Å². The van der Waals surface area contributed by atoms with E-state index < -0.39 is 0 Å². The van der Waals surface area contributed by atoms with Crippen LogP contribution in [0.25, 0.3) is 0 Å². The Morgan fingerprint density at radius 3 is 3.06 bits per heavy atom. The summed E-state index contributed by atoms with van der Waals surface area (Å²) < 4.78 is 13.4. The Balaban J connectivity index is 1.76. The van der Waals surface area contributed by atoms with Gasteiger partial charge in [-0.1, -0.05) is 12.1 Å². The average Bonchev–Trinajstić information content (AvgIpc) is 2.80. The minimum Gasteiger partial charge on any atom is -0.318 e. The second kappa shape index (κ2) is 7.12. The molecule has 2 nitrogen and oxygen atoms in total. The van der Waals surface area contributed by atoms with Crippen molar-refractivity contribution in [2.45, 2.75) is 23.8 Å². The molecule has 2 rings (SSSR count). The molecule has 0 aliphatic carbocycles. The van der Waals surface area contributed by atoms with Gasteiger partial charge in [0.25, 0.3) is 0 Å². The number of benzene rings is 1. The average molecular weight is 268 g/mol. The van der Waals surface area contributed by atoms with E-state index in [1.54, 1.807) is 17.8 Å². The molecule has 4 heteroatoms. The molecule has 0 radical (unpaired) electrons. The Kier molecular flexibility index (Phi) is 5.47. The van der Waals surface area contributed by atoms with Crippen LogP contribution in [0, 0.1) is 5.82 Å². The van der Waals surface area contributed by atoms with Crippen LogP contribution in [0.5, 0.6) is 0 Å². The van der Waals surface area contributed by atoms with Gasteiger partial charge in [0.1, 0.15) is 5.82 Å². The molecule has 0 bridgehead atoms. The molecule has 1 aromatic rings. The minimum atomic E-state index is -0.101. The standard InChI is InChI=1S/C14H21FN2S/c1-16-11-12-5-4-8-17(12)9-10-18-14-7-3-2-6-13(14)15/h2-3,6-7,12,16H,4-5,8-11H2,1H3. The molecule has 18 heavy (non-hydrogen) atoms. The zero-order chi connectivity index (χ0) is 12.8. The van der Waals surface area contributed by atoms with Crippen molar-refractivity contribution < 1.29 is 4.39 Å². The largest absolute Gasteiger partial charge is 0.318 e. The molecule has 0 aromatic heterocycles. The van der Waals surface area contributed by atoms with Crippen LogP contribution in [0.3, 0.4) is 0 Å². The van der Waals surface area contributed by atoms with E-state index in [0.717, 1.165) is 23.7 Å². The number of likely N-dealkylation sites (tertiary alicyclic amines) is 1. The van der Waals surface area contributed by atoms with Gasteiger partial charge in [0.2, 0.25) is 0 Å². The third-order valence-electron chi connectivity index (χ3n) is 3.41. The van der Waals surface area contributed by atoms with Crippen LogP contribution in [-0.2, 0) is 0 Å². The summed E-state index contributed by atoms with van der Waals surface area (Å²) in [6, 6.07) is 7.68. The summed E-state index contributed by atoms with van der Waals surface area (Å²) >= 11 is 1.62. The number of nitrogens with one attached hydrogen (secondary N) is 1. The van der Waals surface area contributed by atoms with E-state index in [2.05, 4.69) is 10.2 Å². The SMILES string of the molecule is CNCC1CCCN1CCSc1ccccc1F. The van der Waals surface area contributed by atoms with E-state index in [-0.39, 0.29) is 5.82 Å². The molecule has 1 heterocycles. The number of rotatable bonds is 6. The number of nitrogens with zero attached hydrogens (tertiary/aromatic N) is 1. The third kappa shape index (κ3) is 3.70. The number of hydrogen-bond acceptors (Lipinski definition) is 3. The van der Waals surface area contributed by atoms with Crippen molar-refractivity contribution in [1.82, 2.24) is 10.2 Å². The summed E-state index contributed by atoms with van der Waals surface area (Å²) in [4.78, 5) is 3.28. The van der Waals surface area contributed by atoms with Crippen molar-refractivity contribution in [2.75, 3.05) is 32.4 Å². The summed E-state index contributed by atoms with van der Waals surface area (Å²) in [7, 11) is 2.00. The molecule has 0 saturated carbocycles. The third-order valence-corrected chi connectivity index (χ3v) is 4.44. The van der Waals surface area contributed by atoms with Crippen molar-refractivity contribution in [1.29, 1.82) is 0 Å². The number of likely N-dealkylation sites (N-methyl/N-ethyl adjacent to an activating group) is 1. The van der Waals surface area contributed by atoms with Crippen LogP contribution in [0.4, 0.5) is 4.39 Å². The minimum absolute atomic E-state index is 0.101. The molecule has 1 aliphatic rings. The van der Waals surface area contributed by atoms with E-state index in [0.29, 0.717) is 6.04 Å². The van der Waals surface area contributed by atoms with Gasteiger partial charge in [-0.15, -0.1) is 11.8 Å². The maximum Gasteiger partial charge on any atom is 0.136 e. The molecule has 1 N–H and O–H groups in total. The summed E-state index contributed by atoms with van der Waals surface area (Å²) in [5.74, 6) is 0.858. The number of thioether (sulfide) groups is 1. The van der Waals surface area contributed by atoms with E-state index >= 15 is 0 Å². The Bertz CT molecular complexity index is 373. The smallest absolute Gasteiger partial charge is 0.136 e. The number of halogens is 1. The first kappa shape index (κ1) is 13.8. The molecule has 1 unspecified atom stereocenters. The zero-order valence-electron chi connectivity index (χ0n) is 10.9. The van der Waals surface area contributed by atoms with Gasteiger partial charge in [-0.25, -0.2) is 4.39 Å². The second-order valence-electron chi connectivity index (χ2n) is 4.67. The molecule has 1 fully saturated rings. The topological polar surface area (TPSA) is 15.3 Å². The molecular weight excluding hydrogens is 247 g/mol. The molecule has 1 aliphatic heterocycles. The highest BCUT2D eigenvalue weighted by atomic mass is 32.2. The van der Waals surface area contributed by atoms with Crippen molar-refractivity contribution >= 4 is 11.8 Å². The van der Waals surface area contributed by atoms with Crippen LogP contribution >= 0.6 is 11.8 Å². The van der Waals surface area contributed by atoms with Crippen LogP contribution in [0.15, 0.2) is 29.2 Å². The second-order valence-corrected chi connectivity index (χ2v) is 5.81. The summed E-state index contributed by atoms with van der Waals surface area (Å²) in [6.45, 7) is 3.29. The van der Waals surface area contributed by atoms with Crippen LogP contribution < -0.4 is 5.32 Å². The van der Waals surface area contributed by atoms with Gasteiger partial charge in [0, 0.05) is 29.8 Å². The highest BCUT2D eigenvalue weighted by Crippen LogP contribution is 2.23. The molecule has 1 atom stereocenters. The summed E-state index contributed by atoms with van der Waals surface area (Å²) in [5, 5.41) is 3.25. The summed E-state index contributed by atoms with van der Waals surface area (Å²) in [5.41, 5.74) is 0. The van der Waals surface area contributed by atoms with E-state index in [9.17, 15) is 4.39 Å². The highest BCUT2D eigenvalue weighted by Gasteiger charge is 2.22. The molecule has 0 amide bonds. The Hall–Kier alpha value is -0.580. The first-order valence-corrected chi connectivity index (χ1v) is 7.56. The van der Waals surface area contributed by atoms with Gasteiger partial charge in [-0.3, -0.25) is 4.90 Å². The van der Waals surface area contributed by atoms with Gasteiger partial charge in [-0.05, 0) is 38.6 Å². The first-order valence-electron chi connectivity index (χ1n) is 6.57. The lowest BCUT2D eigenvalue weighted by Crippen LogP contribution is -2.37. The normalized spacial score (nSPS) is 20.4. The summed E-state index contributed by atoms with van der Waals surface area (Å²) in [6.07, 6.45) is 2.57. The van der Waals surface area contributed by atoms with Crippen LogP contribution in [0.2, 0.25) is 0 Å². The Labute approximate surface area is 113 Å². The van der Waals surface area contributed by atoms with Gasteiger partial charge < -0.3 is 5.32 Å².